The van der Waals surface area contributed by atoms with E-state index in [9.17, 15) is 19.2 Å². The van der Waals surface area contributed by atoms with Crippen LogP contribution in [0.3, 0.4) is 0 Å². The minimum absolute atomic E-state index is 0.722. The summed E-state index contributed by atoms with van der Waals surface area (Å²) in [6, 6.07) is 0. The standard InChI is InChI=1S/C9H12O7/c1-5(10)8(12)15-4-7(11)16-6(2)9(13)14-3/h6H,4H2,1-3H3. The lowest BCUT2D eigenvalue weighted by molar-refractivity contribution is -0.170. The van der Waals surface area contributed by atoms with E-state index in [0.29, 0.717) is 0 Å². The molecule has 0 heterocycles. The Hall–Kier alpha value is -1.92. The Morgan fingerprint density at radius 1 is 1.19 bits per heavy atom. The van der Waals surface area contributed by atoms with Gasteiger partial charge in [-0.2, -0.15) is 0 Å². The van der Waals surface area contributed by atoms with E-state index in [2.05, 4.69) is 14.2 Å². The lowest BCUT2D eigenvalue weighted by atomic mass is 10.4. The highest BCUT2D eigenvalue weighted by Gasteiger charge is 2.19. The van der Waals surface area contributed by atoms with Crippen LogP contribution < -0.4 is 0 Å². The number of ketones is 1. The van der Waals surface area contributed by atoms with Crippen molar-refractivity contribution >= 4 is 23.7 Å². The van der Waals surface area contributed by atoms with Crippen LogP contribution >= 0.6 is 0 Å². The van der Waals surface area contributed by atoms with Crippen molar-refractivity contribution in [3.63, 3.8) is 0 Å². The van der Waals surface area contributed by atoms with Gasteiger partial charge in [0, 0.05) is 6.92 Å². The number of hydrogen-bond donors (Lipinski definition) is 0. The van der Waals surface area contributed by atoms with Crippen molar-refractivity contribution in [1.82, 2.24) is 0 Å². The molecule has 0 aliphatic rings. The number of Topliss-reactive ketones (excluding diaryl/α,β-unsaturated/α-hetero) is 1. The highest BCUT2D eigenvalue weighted by molar-refractivity contribution is 6.32. The molecule has 0 aromatic heterocycles. The Kier molecular flexibility index (Phi) is 5.76. The molecule has 7 heteroatoms. The molecule has 0 aliphatic heterocycles. The smallest absolute Gasteiger partial charge is 0.374 e. The minimum Gasteiger partial charge on any atom is -0.466 e. The zero-order valence-corrected chi connectivity index (χ0v) is 9.14. The topological polar surface area (TPSA) is 96.0 Å². The number of hydrogen-bond acceptors (Lipinski definition) is 7. The summed E-state index contributed by atoms with van der Waals surface area (Å²) >= 11 is 0. The highest BCUT2D eigenvalue weighted by atomic mass is 16.6. The van der Waals surface area contributed by atoms with Gasteiger partial charge < -0.3 is 14.2 Å². The van der Waals surface area contributed by atoms with Crippen LogP contribution in [0.2, 0.25) is 0 Å². The third-order valence-corrected chi connectivity index (χ3v) is 1.45. The van der Waals surface area contributed by atoms with Crippen LogP contribution in [0.25, 0.3) is 0 Å². The fraction of sp³-hybridized carbons (Fsp3) is 0.556. The zero-order chi connectivity index (χ0) is 12.7. The fourth-order valence-corrected chi connectivity index (χ4v) is 0.671. The predicted molar refractivity (Wildman–Crippen MR) is 49.2 cm³/mol. The molecule has 0 aromatic carbocycles. The molecular weight excluding hydrogens is 220 g/mol. The summed E-state index contributed by atoms with van der Waals surface area (Å²) in [7, 11) is 1.14. The summed E-state index contributed by atoms with van der Waals surface area (Å²) in [4.78, 5) is 42.9. The van der Waals surface area contributed by atoms with Crippen molar-refractivity contribution < 1.29 is 33.4 Å². The van der Waals surface area contributed by atoms with E-state index in [1.807, 2.05) is 0 Å². The van der Waals surface area contributed by atoms with Crippen molar-refractivity contribution in [2.45, 2.75) is 20.0 Å². The number of carbonyl (C=O) groups is 4. The Morgan fingerprint density at radius 2 is 1.75 bits per heavy atom. The van der Waals surface area contributed by atoms with Gasteiger partial charge in [-0.3, -0.25) is 4.79 Å². The van der Waals surface area contributed by atoms with Crippen molar-refractivity contribution in [2.75, 3.05) is 13.7 Å². The zero-order valence-electron chi connectivity index (χ0n) is 9.14. The first-order valence-corrected chi connectivity index (χ1v) is 4.33. The Morgan fingerprint density at radius 3 is 2.19 bits per heavy atom. The van der Waals surface area contributed by atoms with Crippen LogP contribution in [0, 0.1) is 0 Å². The minimum atomic E-state index is -1.14. The second-order valence-corrected chi connectivity index (χ2v) is 2.79. The molecule has 0 fully saturated rings. The quantitative estimate of drug-likeness (QED) is 0.348. The van der Waals surface area contributed by atoms with E-state index in [0.717, 1.165) is 14.0 Å². The summed E-state index contributed by atoms with van der Waals surface area (Å²) in [6.45, 7) is 1.58. The van der Waals surface area contributed by atoms with Gasteiger partial charge in [0.2, 0.25) is 5.78 Å². The van der Waals surface area contributed by atoms with Crippen molar-refractivity contribution in [1.29, 1.82) is 0 Å². The Bertz CT molecular complexity index is 307. The van der Waals surface area contributed by atoms with Gasteiger partial charge in [0.25, 0.3) is 0 Å². The molecule has 90 valence electrons. The number of rotatable bonds is 5. The van der Waals surface area contributed by atoms with Gasteiger partial charge in [0.05, 0.1) is 7.11 Å². The third kappa shape index (κ3) is 5.08. The molecule has 0 rings (SSSR count). The van der Waals surface area contributed by atoms with Gasteiger partial charge in [0.15, 0.2) is 12.7 Å². The van der Waals surface area contributed by atoms with E-state index in [1.165, 1.54) is 6.92 Å². The Labute approximate surface area is 91.6 Å². The highest BCUT2D eigenvalue weighted by Crippen LogP contribution is 1.95. The molecule has 0 spiro atoms. The van der Waals surface area contributed by atoms with Crippen molar-refractivity contribution in [2.24, 2.45) is 0 Å². The maximum absolute atomic E-state index is 11.0. The summed E-state index contributed by atoms with van der Waals surface area (Å²) in [5.41, 5.74) is 0. The summed E-state index contributed by atoms with van der Waals surface area (Å²) in [6.07, 6.45) is -1.09. The van der Waals surface area contributed by atoms with E-state index < -0.39 is 36.4 Å². The van der Waals surface area contributed by atoms with E-state index in [1.54, 1.807) is 0 Å². The summed E-state index contributed by atoms with van der Waals surface area (Å²) in [5.74, 6) is -3.63. The molecule has 0 aromatic rings. The van der Waals surface area contributed by atoms with Gasteiger partial charge in [-0.25, -0.2) is 14.4 Å². The molecule has 1 unspecified atom stereocenters. The average molecular weight is 232 g/mol. The van der Waals surface area contributed by atoms with E-state index in [4.69, 9.17) is 0 Å². The number of esters is 3. The molecule has 1 atom stereocenters. The van der Waals surface area contributed by atoms with Crippen LogP contribution in [0.5, 0.6) is 0 Å². The number of carbonyl (C=O) groups excluding carboxylic acids is 4. The number of ether oxygens (including phenoxy) is 3. The van der Waals surface area contributed by atoms with Crippen LogP contribution in [-0.2, 0) is 33.4 Å². The molecule has 0 radical (unpaired) electrons. The van der Waals surface area contributed by atoms with Gasteiger partial charge in [-0.05, 0) is 6.92 Å². The summed E-state index contributed by atoms with van der Waals surface area (Å²) < 4.78 is 13.1. The maximum Gasteiger partial charge on any atom is 0.374 e. The first-order chi connectivity index (χ1) is 7.38. The van der Waals surface area contributed by atoms with Crippen LogP contribution in [0.4, 0.5) is 0 Å². The molecular formula is C9H12O7. The molecule has 0 saturated carbocycles. The normalized spacial score (nSPS) is 11.2. The molecule has 0 saturated heterocycles. The molecule has 7 nitrogen and oxygen atoms in total. The predicted octanol–water partition coefficient (Wildman–Crippen LogP) is -0.777. The van der Waals surface area contributed by atoms with Gasteiger partial charge in [-0.15, -0.1) is 0 Å². The van der Waals surface area contributed by atoms with Crippen molar-refractivity contribution in [3.05, 3.63) is 0 Å². The molecule has 0 bridgehead atoms. The van der Waals surface area contributed by atoms with Crippen LogP contribution in [0.15, 0.2) is 0 Å². The number of methoxy groups -OCH3 is 1. The second kappa shape index (κ2) is 6.54. The lowest BCUT2D eigenvalue weighted by Crippen LogP contribution is -2.28. The van der Waals surface area contributed by atoms with Gasteiger partial charge >= 0.3 is 17.9 Å². The monoisotopic (exact) mass is 232 g/mol. The van der Waals surface area contributed by atoms with E-state index >= 15 is 0 Å². The lowest BCUT2D eigenvalue weighted by Gasteiger charge is -2.10. The Balaban J connectivity index is 3.96. The summed E-state index contributed by atoms with van der Waals surface area (Å²) in [5, 5.41) is 0. The van der Waals surface area contributed by atoms with Gasteiger partial charge in [0.1, 0.15) is 0 Å². The maximum atomic E-state index is 11.0. The van der Waals surface area contributed by atoms with Crippen LogP contribution in [0.1, 0.15) is 13.8 Å². The van der Waals surface area contributed by atoms with Crippen LogP contribution in [-0.4, -0.2) is 43.5 Å². The molecule has 0 amide bonds. The van der Waals surface area contributed by atoms with Gasteiger partial charge in [-0.1, -0.05) is 0 Å². The second-order valence-electron chi connectivity index (χ2n) is 2.79. The van der Waals surface area contributed by atoms with E-state index in [-0.39, 0.29) is 0 Å². The van der Waals surface area contributed by atoms with Crippen molar-refractivity contribution in [3.8, 4) is 0 Å². The molecule has 0 N–H and O–H groups in total. The fourth-order valence-electron chi connectivity index (χ4n) is 0.671. The SMILES string of the molecule is COC(=O)C(C)OC(=O)COC(=O)C(C)=O. The largest absolute Gasteiger partial charge is 0.466 e. The first-order valence-electron chi connectivity index (χ1n) is 4.33. The molecule has 16 heavy (non-hydrogen) atoms. The third-order valence-electron chi connectivity index (χ3n) is 1.45. The molecule has 0 aliphatic carbocycles. The first kappa shape index (κ1) is 14.1. The average Bonchev–Trinajstić information content (AvgIpc) is 2.24.